The van der Waals surface area contributed by atoms with Crippen LogP contribution in [-0.4, -0.2) is 67.8 Å². The number of nitrogens with one attached hydrogen (secondary N) is 1. The average Bonchev–Trinajstić information content (AvgIpc) is 3.27. The van der Waals surface area contributed by atoms with E-state index >= 15 is 0 Å². The minimum absolute atomic E-state index is 0.167. The van der Waals surface area contributed by atoms with Gasteiger partial charge in [-0.25, -0.2) is 4.79 Å². The van der Waals surface area contributed by atoms with Crippen molar-refractivity contribution < 1.29 is 14.3 Å². The van der Waals surface area contributed by atoms with Gasteiger partial charge in [0.15, 0.2) is 0 Å². The number of nitriles is 1. The number of rotatable bonds is 5. The molecule has 0 spiro atoms. The lowest BCUT2D eigenvalue weighted by Gasteiger charge is -2.37. The number of carbonyl (C=O) groups is 2. The molecule has 1 fully saturated rings. The van der Waals surface area contributed by atoms with E-state index in [0.717, 1.165) is 0 Å². The molecule has 0 radical (unpaired) electrons. The minimum Gasteiger partial charge on any atom is -0.444 e. The first-order chi connectivity index (χ1) is 18.4. The second-order valence-electron chi connectivity index (χ2n) is 9.94. The third kappa shape index (κ3) is 6.17. The number of aromatic nitrogens is 4. The summed E-state index contributed by atoms with van der Waals surface area (Å²) in [4.78, 5) is 47.1. The summed E-state index contributed by atoms with van der Waals surface area (Å²) in [6.07, 6.45) is 0.0343. The number of amides is 2. The molecule has 0 bridgehead atoms. The Kier molecular flexibility index (Phi) is 8.17. The Morgan fingerprint density at radius 2 is 1.92 bits per heavy atom. The van der Waals surface area contributed by atoms with Crippen LogP contribution in [0, 0.1) is 11.3 Å². The zero-order valence-corrected chi connectivity index (χ0v) is 24.3. The summed E-state index contributed by atoms with van der Waals surface area (Å²) in [5.41, 5.74) is 0.771. The van der Waals surface area contributed by atoms with Crippen LogP contribution in [0.25, 0.3) is 5.78 Å². The SMILES string of the molecule is CCc1c(N2CCN(C(=O)OC(C)(C)C)CC2)c(=O)n2nc(Br)nc2n1CC(=O)Nc1ccc(C#N)cc1Cl. The summed E-state index contributed by atoms with van der Waals surface area (Å²) in [7, 11) is 0. The fourth-order valence-corrected chi connectivity index (χ4v) is 4.91. The minimum atomic E-state index is -0.606. The molecule has 39 heavy (non-hydrogen) atoms. The number of carbonyl (C=O) groups excluding carboxylic acids is 2. The topological polar surface area (TPSA) is 138 Å². The van der Waals surface area contributed by atoms with E-state index in [9.17, 15) is 14.4 Å². The smallest absolute Gasteiger partial charge is 0.410 e. The lowest BCUT2D eigenvalue weighted by atomic mass is 10.2. The Morgan fingerprint density at radius 3 is 2.51 bits per heavy atom. The first kappa shape index (κ1) is 28.4. The fraction of sp³-hybridized carbons (Fsp3) is 0.440. The standard InChI is InChI=1S/C25H28BrClN8O4/c1-5-18-20(32-8-10-33(11-9-32)24(38)39-25(2,3)4)21(37)35-23(30-22(26)31-35)34(18)14-19(36)29-17-7-6-15(13-28)12-16(17)27/h6-7,12H,5,8-11,14H2,1-4H3,(H,29,36). The highest BCUT2D eigenvalue weighted by atomic mass is 79.9. The number of hydrogen-bond donors (Lipinski definition) is 1. The lowest BCUT2D eigenvalue weighted by molar-refractivity contribution is -0.116. The van der Waals surface area contributed by atoms with Crippen molar-refractivity contribution in [2.24, 2.45) is 0 Å². The molecule has 1 saturated heterocycles. The summed E-state index contributed by atoms with van der Waals surface area (Å²) in [5, 5.41) is 16.3. The Bertz CT molecular complexity index is 1530. The van der Waals surface area contributed by atoms with Gasteiger partial charge in [-0.2, -0.15) is 14.8 Å². The Morgan fingerprint density at radius 1 is 1.23 bits per heavy atom. The van der Waals surface area contributed by atoms with Crippen LogP contribution in [-0.2, 0) is 22.5 Å². The van der Waals surface area contributed by atoms with Crippen molar-refractivity contribution in [2.75, 3.05) is 36.4 Å². The number of ether oxygens (including phenoxy) is 1. The summed E-state index contributed by atoms with van der Waals surface area (Å²) >= 11 is 9.48. The quantitative estimate of drug-likeness (QED) is 0.459. The number of halogens is 2. The predicted molar refractivity (Wildman–Crippen MR) is 149 cm³/mol. The van der Waals surface area contributed by atoms with Crippen molar-refractivity contribution in [1.82, 2.24) is 24.1 Å². The van der Waals surface area contributed by atoms with Gasteiger partial charge in [-0.05, 0) is 61.3 Å². The van der Waals surface area contributed by atoms with Gasteiger partial charge in [0, 0.05) is 26.2 Å². The first-order valence-electron chi connectivity index (χ1n) is 12.3. The van der Waals surface area contributed by atoms with E-state index in [1.807, 2.05) is 38.7 Å². The van der Waals surface area contributed by atoms with Crippen molar-refractivity contribution in [2.45, 2.75) is 46.3 Å². The fourth-order valence-electron chi connectivity index (χ4n) is 4.36. The first-order valence-corrected chi connectivity index (χ1v) is 13.5. The molecule has 1 aromatic carbocycles. The maximum absolute atomic E-state index is 13.6. The molecule has 1 aliphatic rings. The van der Waals surface area contributed by atoms with E-state index in [1.165, 1.54) is 10.6 Å². The Labute approximate surface area is 238 Å². The summed E-state index contributed by atoms with van der Waals surface area (Å²) in [5.74, 6) is -0.192. The van der Waals surface area contributed by atoms with E-state index in [4.69, 9.17) is 21.6 Å². The molecular weight excluding hydrogens is 592 g/mol. The van der Waals surface area contributed by atoms with E-state index in [1.54, 1.807) is 21.6 Å². The van der Waals surface area contributed by atoms with Crippen LogP contribution in [0.1, 0.15) is 39.0 Å². The number of benzene rings is 1. The van der Waals surface area contributed by atoms with Crippen molar-refractivity contribution in [1.29, 1.82) is 5.26 Å². The summed E-state index contributed by atoms with van der Waals surface area (Å²) < 4.78 is 8.51. The van der Waals surface area contributed by atoms with Crippen LogP contribution in [0.3, 0.4) is 0 Å². The number of hydrogen-bond acceptors (Lipinski definition) is 8. The second-order valence-corrected chi connectivity index (χ2v) is 11.1. The van der Waals surface area contributed by atoms with Gasteiger partial charge in [-0.1, -0.05) is 18.5 Å². The zero-order chi connectivity index (χ0) is 28.5. The summed E-state index contributed by atoms with van der Waals surface area (Å²) in [6, 6.07) is 6.59. The molecule has 0 saturated carbocycles. The lowest BCUT2D eigenvalue weighted by Crippen LogP contribution is -2.51. The highest BCUT2D eigenvalue weighted by molar-refractivity contribution is 9.10. The average molecular weight is 620 g/mol. The van der Waals surface area contributed by atoms with Crippen LogP contribution in [0.5, 0.6) is 0 Å². The molecule has 3 aromatic rings. The van der Waals surface area contributed by atoms with Crippen LogP contribution in [0.15, 0.2) is 27.7 Å². The molecule has 0 atom stereocenters. The molecule has 2 aromatic heterocycles. The molecular formula is C25H28BrClN8O4. The van der Waals surface area contributed by atoms with E-state index in [-0.39, 0.29) is 27.6 Å². The number of nitrogens with zero attached hydrogens (tertiary/aromatic N) is 7. The van der Waals surface area contributed by atoms with Crippen LogP contribution >= 0.6 is 27.5 Å². The van der Waals surface area contributed by atoms with Crippen LogP contribution in [0.4, 0.5) is 16.2 Å². The molecule has 3 heterocycles. The highest BCUT2D eigenvalue weighted by Gasteiger charge is 2.30. The Balaban J connectivity index is 1.65. The van der Waals surface area contributed by atoms with Gasteiger partial charge in [0.2, 0.25) is 16.4 Å². The van der Waals surface area contributed by atoms with Crippen molar-refractivity contribution in [3.05, 3.63) is 49.6 Å². The van der Waals surface area contributed by atoms with E-state index in [2.05, 4.69) is 31.3 Å². The monoisotopic (exact) mass is 618 g/mol. The van der Waals surface area contributed by atoms with Gasteiger partial charge in [0.25, 0.3) is 5.56 Å². The van der Waals surface area contributed by atoms with Gasteiger partial charge < -0.3 is 24.4 Å². The van der Waals surface area contributed by atoms with Gasteiger partial charge in [0.05, 0.1) is 28.0 Å². The van der Waals surface area contributed by atoms with Crippen molar-refractivity contribution in [3.63, 3.8) is 0 Å². The molecule has 14 heteroatoms. The molecule has 4 rings (SSSR count). The van der Waals surface area contributed by atoms with Gasteiger partial charge >= 0.3 is 6.09 Å². The second kappa shape index (κ2) is 11.2. The van der Waals surface area contributed by atoms with E-state index in [0.29, 0.717) is 55.2 Å². The van der Waals surface area contributed by atoms with E-state index < -0.39 is 17.6 Å². The predicted octanol–water partition coefficient (Wildman–Crippen LogP) is 3.44. The Hall–Kier alpha value is -3.63. The molecule has 206 valence electrons. The maximum atomic E-state index is 13.6. The van der Waals surface area contributed by atoms with Gasteiger partial charge in [0.1, 0.15) is 17.8 Å². The maximum Gasteiger partial charge on any atom is 0.410 e. The normalized spacial score (nSPS) is 13.9. The van der Waals surface area contributed by atoms with Gasteiger partial charge in [-0.15, -0.1) is 5.10 Å². The van der Waals surface area contributed by atoms with Crippen LogP contribution in [0.2, 0.25) is 5.02 Å². The van der Waals surface area contributed by atoms with Gasteiger partial charge in [-0.3, -0.25) is 9.59 Å². The molecule has 0 aliphatic carbocycles. The molecule has 1 N–H and O–H groups in total. The molecule has 12 nitrogen and oxygen atoms in total. The highest BCUT2D eigenvalue weighted by Crippen LogP contribution is 2.25. The third-order valence-corrected chi connectivity index (χ3v) is 6.70. The third-order valence-electron chi connectivity index (χ3n) is 6.06. The van der Waals surface area contributed by atoms with Crippen molar-refractivity contribution in [3.8, 4) is 6.07 Å². The number of fused-ring (bicyclic) bond motifs is 1. The summed E-state index contributed by atoms with van der Waals surface area (Å²) in [6.45, 7) is 8.70. The molecule has 0 unspecified atom stereocenters. The molecule has 2 amide bonds. The zero-order valence-electron chi connectivity index (χ0n) is 22.0. The van der Waals surface area contributed by atoms with Crippen molar-refractivity contribution >= 4 is 56.7 Å². The number of piperazine rings is 1. The molecule has 1 aliphatic heterocycles. The number of anilines is 2. The van der Waals surface area contributed by atoms with Crippen LogP contribution < -0.4 is 15.8 Å². The largest absolute Gasteiger partial charge is 0.444 e.